The molecule has 1 aliphatic rings. The maximum absolute atomic E-state index is 13.2. The van der Waals surface area contributed by atoms with Gasteiger partial charge >= 0.3 is 5.69 Å². The molecular formula is C22H22N4O6. The van der Waals surface area contributed by atoms with Crippen molar-refractivity contribution in [2.75, 3.05) is 33.4 Å². The molecule has 0 N–H and O–H groups in total. The number of nitro benzene ring substituents is 1. The minimum atomic E-state index is -0.515. The van der Waals surface area contributed by atoms with Gasteiger partial charge in [0.25, 0.3) is 5.91 Å². The number of rotatable bonds is 6. The average molecular weight is 438 g/mol. The van der Waals surface area contributed by atoms with Crippen molar-refractivity contribution < 1.29 is 23.9 Å². The molecule has 0 atom stereocenters. The Labute approximate surface area is 184 Å². The second-order valence-corrected chi connectivity index (χ2v) is 7.12. The van der Waals surface area contributed by atoms with Crippen LogP contribution in [-0.4, -0.2) is 58.9 Å². The van der Waals surface area contributed by atoms with Crippen molar-refractivity contribution >= 4 is 11.6 Å². The molecule has 1 aliphatic heterocycles. The molecule has 0 unspecified atom stereocenters. The molecule has 2 aromatic carbocycles. The predicted octanol–water partition coefficient (Wildman–Crippen LogP) is 3.36. The molecule has 1 fully saturated rings. The number of nitro groups is 1. The maximum Gasteiger partial charge on any atom is 0.311 e. The van der Waals surface area contributed by atoms with Gasteiger partial charge in [-0.3, -0.25) is 14.9 Å². The number of morpholine rings is 1. The van der Waals surface area contributed by atoms with Crippen LogP contribution in [0.2, 0.25) is 0 Å². The predicted molar refractivity (Wildman–Crippen MR) is 115 cm³/mol. The van der Waals surface area contributed by atoms with Crippen LogP contribution in [0, 0.1) is 17.0 Å². The summed E-state index contributed by atoms with van der Waals surface area (Å²) in [6.07, 6.45) is 0. The molecule has 3 aromatic rings. The van der Waals surface area contributed by atoms with Crippen molar-refractivity contribution in [2.24, 2.45) is 0 Å². The average Bonchev–Trinajstić information content (AvgIpc) is 3.15. The molecule has 0 bridgehead atoms. The Morgan fingerprint density at radius 2 is 1.81 bits per heavy atom. The number of amides is 1. The molecule has 2 heterocycles. The fourth-order valence-electron chi connectivity index (χ4n) is 3.42. The number of para-hydroxylation sites is 2. The lowest BCUT2D eigenvalue weighted by molar-refractivity contribution is -0.385. The van der Waals surface area contributed by atoms with E-state index in [1.54, 1.807) is 55.3 Å². The first kappa shape index (κ1) is 21.3. The van der Waals surface area contributed by atoms with Gasteiger partial charge in [-0.1, -0.05) is 12.1 Å². The fraction of sp³-hybridized carbons (Fsp3) is 0.273. The number of hydrogen-bond acceptors (Lipinski definition) is 7. The van der Waals surface area contributed by atoms with Crippen LogP contribution in [-0.2, 0) is 4.74 Å². The van der Waals surface area contributed by atoms with E-state index < -0.39 is 4.92 Å². The van der Waals surface area contributed by atoms with Gasteiger partial charge in [0.2, 0.25) is 11.6 Å². The van der Waals surface area contributed by atoms with Crippen molar-refractivity contribution in [3.05, 3.63) is 69.9 Å². The largest absolute Gasteiger partial charge is 0.497 e. The molecule has 1 aromatic heterocycles. The molecule has 10 nitrogen and oxygen atoms in total. The lowest BCUT2D eigenvalue weighted by Crippen LogP contribution is -2.41. The molecule has 10 heteroatoms. The Hall–Kier alpha value is -3.92. The van der Waals surface area contributed by atoms with Crippen molar-refractivity contribution in [3.8, 4) is 23.1 Å². The highest BCUT2D eigenvalue weighted by Gasteiger charge is 2.28. The van der Waals surface area contributed by atoms with Crippen molar-refractivity contribution in [3.63, 3.8) is 0 Å². The van der Waals surface area contributed by atoms with Gasteiger partial charge in [-0.25, -0.2) is 0 Å². The first-order valence-electron chi connectivity index (χ1n) is 10.0. The van der Waals surface area contributed by atoms with E-state index in [0.29, 0.717) is 43.3 Å². The topological polar surface area (TPSA) is 109 Å². The standard InChI is InChI=1S/C22H22N4O6/c1-15-20(21(27)24-11-13-31-14-12-24)23-25(16-7-9-17(30-2)10-8-16)22(15)32-19-6-4-3-5-18(19)26(28)29/h3-10H,11-14H2,1-2H3. The number of benzene rings is 2. The summed E-state index contributed by atoms with van der Waals surface area (Å²) in [5, 5.41) is 16.0. The molecule has 0 spiro atoms. The Morgan fingerprint density at radius 3 is 2.47 bits per heavy atom. The molecule has 0 aliphatic carbocycles. The Morgan fingerprint density at radius 1 is 1.12 bits per heavy atom. The molecule has 0 saturated carbocycles. The molecular weight excluding hydrogens is 416 g/mol. The summed E-state index contributed by atoms with van der Waals surface area (Å²) in [7, 11) is 1.56. The van der Waals surface area contributed by atoms with Gasteiger partial charge in [0.1, 0.15) is 5.75 Å². The van der Waals surface area contributed by atoms with Gasteiger partial charge in [0.05, 0.1) is 30.9 Å². The van der Waals surface area contributed by atoms with E-state index >= 15 is 0 Å². The van der Waals surface area contributed by atoms with Crippen molar-refractivity contribution in [2.45, 2.75) is 6.92 Å². The highest BCUT2D eigenvalue weighted by molar-refractivity contribution is 5.94. The zero-order valence-corrected chi connectivity index (χ0v) is 17.7. The second kappa shape index (κ2) is 9.06. The van der Waals surface area contributed by atoms with Crippen molar-refractivity contribution in [1.82, 2.24) is 14.7 Å². The molecule has 4 rings (SSSR count). The van der Waals surface area contributed by atoms with Gasteiger partial charge in [-0.15, -0.1) is 0 Å². The number of aromatic nitrogens is 2. The van der Waals surface area contributed by atoms with Gasteiger partial charge in [0, 0.05) is 24.7 Å². The lowest BCUT2D eigenvalue weighted by Gasteiger charge is -2.26. The zero-order valence-electron chi connectivity index (χ0n) is 17.7. The Balaban J connectivity index is 1.80. The van der Waals surface area contributed by atoms with E-state index in [0.717, 1.165) is 0 Å². The van der Waals surface area contributed by atoms with E-state index in [1.165, 1.54) is 16.8 Å². The van der Waals surface area contributed by atoms with E-state index in [9.17, 15) is 14.9 Å². The number of nitrogens with zero attached hydrogens (tertiary/aromatic N) is 4. The minimum absolute atomic E-state index is 0.0561. The third-order valence-corrected chi connectivity index (χ3v) is 5.15. The molecule has 1 amide bonds. The smallest absolute Gasteiger partial charge is 0.311 e. The van der Waals surface area contributed by atoms with Crippen LogP contribution in [0.25, 0.3) is 5.69 Å². The summed E-state index contributed by atoms with van der Waals surface area (Å²) < 4.78 is 18.0. The molecule has 0 radical (unpaired) electrons. The summed E-state index contributed by atoms with van der Waals surface area (Å²) in [5.74, 6) is 0.690. The van der Waals surface area contributed by atoms with E-state index in [1.807, 2.05) is 0 Å². The summed E-state index contributed by atoms with van der Waals surface area (Å²) in [4.78, 5) is 25.8. The summed E-state index contributed by atoms with van der Waals surface area (Å²) >= 11 is 0. The third kappa shape index (κ3) is 4.12. The highest BCUT2D eigenvalue weighted by atomic mass is 16.6. The maximum atomic E-state index is 13.2. The van der Waals surface area contributed by atoms with Gasteiger partial charge < -0.3 is 19.1 Å². The monoisotopic (exact) mass is 438 g/mol. The zero-order chi connectivity index (χ0) is 22.7. The Bertz CT molecular complexity index is 1140. The third-order valence-electron chi connectivity index (χ3n) is 5.15. The number of carbonyl (C=O) groups is 1. The number of methoxy groups -OCH3 is 1. The van der Waals surface area contributed by atoms with Crippen molar-refractivity contribution in [1.29, 1.82) is 0 Å². The first-order valence-corrected chi connectivity index (χ1v) is 10.0. The Kier molecular flexibility index (Phi) is 6.04. The van der Waals surface area contributed by atoms with Crippen LogP contribution in [0.1, 0.15) is 16.1 Å². The fourth-order valence-corrected chi connectivity index (χ4v) is 3.42. The SMILES string of the molecule is COc1ccc(-n2nc(C(=O)N3CCOCC3)c(C)c2Oc2ccccc2[N+](=O)[O-])cc1. The minimum Gasteiger partial charge on any atom is -0.497 e. The van der Waals surface area contributed by atoms with Crippen LogP contribution in [0.4, 0.5) is 5.69 Å². The first-order chi connectivity index (χ1) is 15.5. The highest BCUT2D eigenvalue weighted by Crippen LogP contribution is 2.35. The number of hydrogen-bond donors (Lipinski definition) is 0. The van der Waals surface area contributed by atoms with Gasteiger partial charge in [-0.2, -0.15) is 9.78 Å². The molecule has 1 saturated heterocycles. The summed E-state index contributed by atoms with van der Waals surface area (Å²) in [6.45, 7) is 3.57. The van der Waals surface area contributed by atoms with Crippen LogP contribution in [0.15, 0.2) is 48.5 Å². The molecule has 32 heavy (non-hydrogen) atoms. The summed E-state index contributed by atoms with van der Waals surface area (Å²) in [5.41, 5.74) is 1.13. The van der Waals surface area contributed by atoms with E-state index in [-0.39, 0.29) is 28.9 Å². The normalized spacial score (nSPS) is 13.6. The molecule has 166 valence electrons. The van der Waals surface area contributed by atoms with E-state index in [2.05, 4.69) is 5.10 Å². The van der Waals surface area contributed by atoms with E-state index in [4.69, 9.17) is 14.2 Å². The van der Waals surface area contributed by atoms with Crippen LogP contribution in [0.5, 0.6) is 17.4 Å². The quantitative estimate of drug-likeness (QED) is 0.429. The second-order valence-electron chi connectivity index (χ2n) is 7.12. The lowest BCUT2D eigenvalue weighted by atomic mass is 10.2. The van der Waals surface area contributed by atoms with Crippen LogP contribution < -0.4 is 9.47 Å². The van der Waals surface area contributed by atoms with Crippen LogP contribution >= 0.6 is 0 Å². The van der Waals surface area contributed by atoms with Gasteiger partial charge in [0.15, 0.2) is 5.69 Å². The number of ether oxygens (including phenoxy) is 3. The summed E-state index contributed by atoms with van der Waals surface area (Å²) in [6, 6.07) is 13.1. The van der Waals surface area contributed by atoms with Crippen LogP contribution in [0.3, 0.4) is 0 Å². The van der Waals surface area contributed by atoms with Gasteiger partial charge in [-0.05, 0) is 37.3 Å². The number of carbonyl (C=O) groups excluding carboxylic acids is 1.